The lowest BCUT2D eigenvalue weighted by molar-refractivity contribution is -0.116. The van der Waals surface area contributed by atoms with Crippen molar-refractivity contribution in [3.8, 4) is 5.75 Å². The Bertz CT molecular complexity index is 1150. The molecule has 0 fully saturated rings. The fourth-order valence-electron chi connectivity index (χ4n) is 3.61. The number of ether oxygens (including phenoxy) is 1. The zero-order valence-electron chi connectivity index (χ0n) is 16.1. The van der Waals surface area contributed by atoms with Crippen LogP contribution >= 0.6 is 0 Å². The van der Waals surface area contributed by atoms with Crippen LogP contribution < -0.4 is 14.4 Å². The van der Waals surface area contributed by atoms with Crippen molar-refractivity contribution < 1.29 is 17.9 Å². The third-order valence-corrected chi connectivity index (χ3v) is 6.75. The molecule has 1 aliphatic heterocycles. The van der Waals surface area contributed by atoms with Crippen LogP contribution in [0, 0.1) is 0 Å². The van der Waals surface area contributed by atoms with E-state index in [9.17, 15) is 13.2 Å². The lowest BCUT2D eigenvalue weighted by Crippen LogP contribution is -2.28. The van der Waals surface area contributed by atoms with E-state index >= 15 is 0 Å². The lowest BCUT2D eigenvalue weighted by Gasteiger charge is -2.18. The van der Waals surface area contributed by atoms with Gasteiger partial charge in [0.05, 0.1) is 17.2 Å². The topological polar surface area (TPSA) is 75.7 Å². The average Bonchev–Trinajstić information content (AvgIpc) is 2.93. The number of amides is 1. The molecule has 0 aliphatic carbocycles. The van der Waals surface area contributed by atoms with Gasteiger partial charge < -0.3 is 10.1 Å². The van der Waals surface area contributed by atoms with Crippen LogP contribution in [0.1, 0.15) is 19.8 Å². The molecule has 1 aliphatic rings. The van der Waals surface area contributed by atoms with Crippen LogP contribution in [0.15, 0.2) is 65.6 Å². The number of hydrogen-bond acceptors (Lipinski definition) is 4. The third-order valence-electron chi connectivity index (χ3n) is 4.90. The van der Waals surface area contributed by atoms with E-state index in [1.165, 1.54) is 4.31 Å². The minimum atomic E-state index is -3.58. The van der Waals surface area contributed by atoms with Crippen molar-refractivity contribution in [1.29, 1.82) is 0 Å². The third kappa shape index (κ3) is 3.65. The van der Waals surface area contributed by atoms with Crippen molar-refractivity contribution in [2.45, 2.75) is 24.7 Å². The lowest BCUT2D eigenvalue weighted by atomic mass is 10.1. The van der Waals surface area contributed by atoms with Crippen molar-refractivity contribution in [3.63, 3.8) is 0 Å². The van der Waals surface area contributed by atoms with Gasteiger partial charge in [0.1, 0.15) is 5.75 Å². The Morgan fingerprint density at radius 1 is 1.03 bits per heavy atom. The number of carbonyl (C=O) groups is 1. The predicted molar refractivity (Wildman–Crippen MR) is 114 cm³/mol. The van der Waals surface area contributed by atoms with Gasteiger partial charge in [-0.3, -0.25) is 9.10 Å². The second-order valence-electron chi connectivity index (χ2n) is 6.82. The van der Waals surface area contributed by atoms with Crippen molar-refractivity contribution in [3.05, 3.63) is 60.7 Å². The Balaban J connectivity index is 1.40. The number of rotatable bonds is 7. The van der Waals surface area contributed by atoms with Gasteiger partial charge in [0, 0.05) is 24.0 Å². The highest BCUT2D eigenvalue weighted by Gasteiger charge is 2.34. The molecule has 0 spiro atoms. The highest BCUT2D eigenvalue weighted by molar-refractivity contribution is 7.93. The molecular formula is C22H22N2O4S. The second-order valence-corrected chi connectivity index (χ2v) is 8.65. The largest absolute Gasteiger partial charge is 0.494 e. The minimum absolute atomic E-state index is 0.151. The summed E-state index contributed by atoms with van der Waals surface area (Å²) in [6, 6.07) is 18.0. The molecule has 7 heteroatoms. The van der Waals surface area contributed by atoms with E-state index < -0.39 is 10.0 Å². The van der Waals surface area contributed by atoms with Gasteiger partial charge in [-0.1, -0.05) is 24.3 Å². The van der Waals surface area contributed by atoms with Gasteiger partial charge in [-0.05, 0) is 55.1 Å². The van der Waals surface area contributed by atoms with Crippen LogP contribution in [0.2, 0.25) is 0 Å². The number of nitrogens with one attached hydrogen (secondary N) is 1. The van der Waals surface area contributed by atoms with Gasteiger partial charge in [0.15, 0.2) is 0 Å². The molecule has 6 nitrogen and oxygen atoms in total. The number of nitrogens with zero attached hydrogens (tertiary/aromatic N) is 1. The first-order chi connectivity index (χ1) is 14.0. The standard InChI is InChI=1S/C22H22N2O4S/c1-2-28-18-13-11-17(12-14-18)23-21(25)10-5-15-24-19-8-3-6-16-7-4-9-20(22(16)19)29(24,26)27/h3-4,6-9,11-14H,2,5,10,15H2,1H3,(H,23,25). The molecule has 29 heavy (non-hydrogen) atoms. The van der Waals surface area contributed by atoms with Crippen molar-refractivity contribution in [1.82, 2.24) is 0 Å². The Morgan fingerprint density at radius 2 is 1.76 bits per heavy atom. The summed E-state index contributed by atoms with van der Waals surface area (Å²) in [4.78, 5) is 12.6. The van der Waals surface area contributed by atoms with E-state index in [2.05, 4.69) is 5.32 Å². The zero-order chi connectivity index (χ0) is 20.4. The molecule has 1 N–H and O–H groups in total. The van der Waals surface area contributed by atoms with E-state index in [1.807, 2.05) is 31.2 Å². The number of sulfonamides is 1. The molecule has 0 unspecified atom stereocenters. The summed E-state index contributed by atoms with van der Waals surface area (Å²) >= 11 is 0. The van der Waals surface area contributed by atoms with Gasteiger partial charge >= 0.3 is 0 Å². The predicted octanol–water partition coefficient (Wildman–Crippen LogP) is 4.17. The highest BCUT2D eigenvalue weighted by atomic mass is 32.2. The van der Waals surface area contributed by atoms with Crippen LogP contribution in [0.3, 0.4) is 0 Å². The number of benzene rings is 3. The molecule has 0 saturated heterocycles. The summed E-state index contributed by atoms with van der Waals surface area (Å²) in [5.74, 6) is 0.597. The molecule has 0 atom stereocenters. The molecule has 150 valence electrons. The van der Waals surface area contributed by atoms with Crippen LogP contribution in [-0.4, -0.2) is 27.5 Å². The maximum atomic E-state index is 12.9. The number of carbonyl (C=O) groups excluding carboxylic acids is 1. The summed E-state index contributed by atoms with van der Waals surface area (Å²) < 4.78 is 32.7. The first-order valence-corrected chi connectivity index (χ1v) is 11.0. The Morgan fingerprint density at radius 3 is 2.48 bits per heavy atom. The quantitative estimate of drug-likeness (QED) is 0.634. The zero-order valence-corrected chi connectivity index (χ0v) is 16.9. The van der Waals surface area contributed by atoms with Crippen LogP contribution in [0.5, 0.6) is 5.75 Å². The minimum Gasteiger partial charge on any atom is -0.494 e. The average molecular weight is 410 g/mol. The number of hydrogen-bond donors (Lipinski definition) is 1. The van der Waals surface area contributed by atoms with E-state index in [0.29, 0.717) is 29.3 Å². The fraction of sp³-hybridized carbons (Fsp3) is 0.227. The SMILES string of the molecule is CCOc1ccc(NC(=O)CCCN2c3cccc4cccc(c34)S2(=O)=O)cc1. The molecule has 1 amide bonds. The highest BCUT2D eigenvalue weighted by Crippen LogP contribution is 2.41. The van der Waals surface area contributed by atoms with Gasteiger partial charge in [-0.2, -0.15) is 0 Å². The fourth-order valence-corrected chi connectivity index (χ4v) is 5.36. The first-order valence-electron chi connectivity index (χ1n) is 9.58. The van der Waals surface area contributed by atoms with Crippen LogP contribution in [0.25, 0.3) is 10.8 Å². The van der Waals surface area contributed by atoms with Crippen LogP contribution in [0.4, 0.5) is 11.4 Å². The molecule has 0 radical (unpaired) electrons. The molecule has 0 saturated carbocycles. The van der Waals surface area contributed by atoms with Gasteiger partial charge in [0.2, 0.25) is 5.91 Å². The molecule has 4 rings (SSSR count). The Hall–Kier alpha value is -3.06. The monoisotopic (exact) mass is 410 g/mol. The number of anilines is 2. The van der Waals surface area contributed by atoms with Gasteiger partial charge in [-0.15, -0.1) is 0 Å². The Kier molecular flexibility index (Phi) is 5.15. The van der Waals surface area contributed by atoms with E-state index in [4.69, 9.17) is 4.74 Å². The summed E-state index contributed by atoms with van der Waals surface area (Å²) in [7, 11) is -3.58. The van der Waals surface area contributed by atoms with Crippen molar-refractivity contribution in [2.75, 3.05) is 22.8 Å². The van der Waals surface area contributed by atoms with E-state index in [-0.39, 0.29) is 18.9 Å². The molecule has 3 aromatic rings. The van der Waals surface area contributed by atoms with E-state index in [1.54, 1.807) is 36.4 Å². The summed E-state index contributed by atoms with van der Waals surface area (Å²) in [6.07, 6.45) is 0.651. The smallest absolute Gasteiger partial charge is 0.265 e. The van der Waals surface area contributed by atoms with Gasteiger partial charge in [-0.25, -0.2) is 8.42 Å². The van der Waals surface area contributed by atoms with Crippen molar-refractivity contribution >= 4 is 38.1 Å². The maximum Gasteiger partial charge on any atom is 0.265 e. The summed E-state index contributed by atoms with van der Waals surface area (Å²) in [5, 5.41) is 4.49. The van der Waals surface area contributed by atoms with Crippen molar-refractivity contribution in [2.24, 2.45) is 0 Å². The molecule has 0 bridgehead atoms. The van der Waals surface area contributed by atoms with E-state index in [0.717, 1.165) is 16.5 Å². The first kappa shape index (κ1) is 19.3. The normalized spacial score (nSPS) is 14.2. The Labute approximate surface area is 170 Å². The molecule has 3 aromatic carbocycles. The molecule has 1 heterocycles. The van der Waals surface area contributed by atoms with Crippen LogP contribution in [-0.2, 0) is 14.8 Å². The summed E-state index contributed by atoms with van der Waals surface area (Å²) in [6.45, 7) is 2.75. The van der Waals surface area contributed by atoms with Gasteiger partial charge in [0.25, 0.3) is 10.0 Å². The summed E-state index contributed by atoms with van der Waals surface area (Å²) in [5.41, 5.74) is 1.37. The maximum absolute atomic E-state index is 12.9. The molecular weight excluding hydrogens is 388 g/mol. The second kappa shape index (κ2) is 7.75. The molecule has 0 aromatic heterocycles.